The van der Waals surface area contributed by atoms with Gasteiger partial charge in [-0.15, -0.1) is 0 Å². The fourth-order valence-corrected chi connectivity index (χ4v) is 5.20. The van der Waals surface area contributed by atoms with E-state index in [9.17, 15) is 9.90 Å². The molecule has 4 rings (SSSR count). The second-order valence-electron chi connectivity index (χ2n) is 8.76. The predicted molar refractivity (Wildman–Crippen MR) is 108 cm³/mol. The van der Waals surface area contributed by atoms with E-state index < -0.39 is 5.60 Å². The summed E-state index contributed by atoms with van der Waals surface area (Å²) < 4.78 is 11.2. The van der Waals surface area contributed by atoms with Crippen LogP contribution in [0.25, 0.3) is 11.0 Å². The Morgan fingerprint density at radius 3 is 2.75 bits per heavy atom. The van der Waals surface area contributed by atoms with Gasteiger partial charge in [0.2, 0.25) is 5.91 Å². The fourth-order valence-electron chi connectivity index (χ4n) is 5.20. The van der Waals surface area contributed by atoms with Gasteiger partial charge < -0.3 is 19.2 Å². The Balaban J connectivity index is 1.45. The van der Waals surface area contributed by atoms with Crippen LogP contribution in [0.15, 0.2) is 22.8 Å². The summed E-state index contributed by atoms with van der Waals surface area (Å²) in [4.78, 5) is 14.9. The van der Waals surface area contributed by atoms with E-state index in [0.717, 1.165) is 53.7 Å². The number of nitrogens with zero attached hydrogens (tertiary/aromatic N) is 1. The maximum absolute atomic E-state index is 13.0. The Kier molecular flexibility index (Phi) is 5.23. The molecule has 1 aromatic carbocycles. The normalized spacial score (nSPS) is 26.7. The average molecular weight is 386 g/mol. The number of aryl methyl sites for hydroxylation is 2. The van der Waals surface area contributed by atoms with Crippen molar-refractivity contribution in [2.75, 3.05) is 26.3 Å². The molecule has 2 saturated heterocycles. The third-order valence-corrected chi connectivity index (χ3v) is 6.85. The number of furan rings is 1. The number of piperidine rings is 1. The number of carbonyl (C=O) groups excluding carboxylic acids is 1. The Morgan fingerprint density at radius 2 is 2.04 bits per heavy atom. The van der Waals surface area contributed by atoms with Crippen molar-refractivity contribution >= 4 is 16.9 Å². The standard InChI is InChI=1S/C23H31NO4/c1-15-10-16(2)22-18(14-28-20(22)11-15)12-21(25)24-7-6-23(26,17(3)13-24)19-4-8-27-9-5-19/h10-11,14,17,19,26H,4-9,12-13H2,1-3H3/t17-,23+/m1/s1. The molecule has 5 nitrogen and oxygen atoms in total. The first-order chi connectivity index (χ1) is 13.4. The number of likely N-dealkylation sites (tertiary alicyclic amines) is 1. The van der Waals surface area contributed by atoms with E-state index in [1.165, 1.54) is 0 Å². The first-order valence-electron chi connectivity index (χ1n) is 10.4. The molecule has 0 unspecified atom stereocenters. The Morgan fingerprint density at radius 1 is 1.29 bits per heavy atom. The second kappa shape index (κ2) is 7.53. The number of amides is 1. The van der Waals surface area contributed by atoms with Crippen molar-refractivity contribution in [3.05, 3.63) is 35.1 Å². The fraction of sp³-hybridized carbons (Fsp3) is 0.609. The molecular weight excluding hydrogens is 354 g/mol. The minimum Gasteiger partial charge on any atom is -0.464 e. The van der Waals surface area contributed by atoms with Gasteiger partial charge in [-0.1, -0.05) is 13.0 Å². The smallest absolute Gasteiger partial charge is 0.227 e. The van der Waals surface area contributed by atoms with Gasteiger partial charge >= 0.3 is 0 Å². The molecule has 0 bridgehead atoms. The van der Waals surface area contributed by atoms with Gasteiger partial charge in [-0.05, 0) is 56.2 Å². The molecule has 2 aliphatic heterocycles. The maximum Gasteiger partial charge on any atom is 0.227 e. The van der Waals surface area contributed by atoms with Gasteiger partial charge in [-0.25, -0.2) is 0 Å². The van der Waals surface area contributed by atoms with Crippen LogP contribution in [0.4, 0.5) is 0 Å². The van der Waals surface area contributed by atoms with Crippen LogP contribution < -0.4 is 0 Å². The first-order valence-corrected chi connectivity index (χ1v) is 10.4. The van der Waals surface area contributed by atoms with Gasteiger partial charge in [0.05, 0.1) is 18.3 Å². The highest BCUT2D eigenvalue weighted by molar-refractivity contribution is 5.90. The molecular formula is C23H31NO4. The highest BCUT2D eigenvalue weighted by Gasteiger charge is 2.46. The zero-order chi connectivity index (χ0) is 19.9. The molecule has 0 saturated carbocycles. The minimum atomic E-state index is -0.684. The largest absolute Gasteiger partial charge is 0.464 e. The van der Waals surface area contributed by atoms with Gasteiger partial charge in [0.1, 0.15) is 5.58 Å². The van der Waals surface area contributed by atoms with Crippen LogP contribution in [-0.4, -0.2) is 47.8 Å². The number of hydrogen-bond donors (Lipinski definition) is 1. The molecule has 2 aliphatic rings. The number of ether oxygens (including phenoxy) is 1. The van der Waals surface area contributed by atoms with Crippen molar-refractivity contribution in [3.8, 4) is 0 Å². The predicted octanol–water partition coefficient (Wildman–Crippen LogP) is 3.62. The summed E-state index contributed by atoms with van der Waals surface area (Å²) in [5, 5.41) is 12.4. The molecule has 5 heteroatoms. The summed E-state index contributed by atoms with van der Waals surface area (Å²) in [6, 6.07) is 4.15. The van der Waals surface area contributed by atoms with E-state index in [0.29, 0.717) is 25.9 Å². The van der Waals surface area contributed by atoms with E-state index >= 15 is 0 Å². The van der Waals surface area contributed by atoms with Crippen molar-refractivity contribution in [1.29, 1.82) is 0 Å². The number of carbonyl (C=O) groups is 1. The van der Waals surface area contributed by atoms with Gasteiger partial charge in [-0.3, -0.25) is 4.79 Å². The molecule has 0 aliphatic carbocycles. The Labute approximate surface area is 166 Å². The third-order valence-electron chi connectivity index (χ3n) is 6.85. The van der Waals surface area contributed by atoms with Crippen molar-refractivity contribution in [3.63, 3.8) is 0 Å². The van der Waals surface area contributed by atoms with Crippen LogP contribution in [0.3, 0.4) is 0 Å². The maximum atomic E-state index is 13.0. The lowest BCUT2D eigenvalue weighted by Gasteiger charge is -2.48. The van der Waals surface area contributed by atoms with Gasteiger partial charge in [0.25, 0.3) is 0 Å². The lowest BCUT2D eigenvalue weighted by Crippen LogP contribution is -2.57. The summed E-state index contributed by atoms with van der Waals surface area (Å²) in [6.07, 6.45) is 4.54. The molecule has 0 radical (unpaired) electrons. The average Bonchev–Trinajstić information content (AvgIpc) is 3.07. The van der Waals surface area contributed by atoms with Crippen molar-refractivity contribution < 1.29 is 19.1 Å². The van der Waals surface area contributed by atoms with Crippen LogP contribution in [0.5, 0.6) is 0 Å². The number of hydrogen-bond acceptors (Lipinski definition) is 4. The van der Waals surface area contributed by atoms with E-state index in [-0.39, 0.29) is 17.7 Å². The summed E-state index contributed by atoms with van der Waals surface area (Å²) in [5.41, 5.74) is 3.43. The van der Waals surface area contributed by atoms with Gasteiger partial charge in [0.15, 0.2) is 0 Å². The van der Waals surface area contributed by atoms with E-state index in [1.54, 1.807) is 6.26 Å². The minimum absolute atomic E-state index is 0.0683. The number of benzene rings is 1. The van der Waals surface area contributed by atoms with Crippen LogP contribution in [0.1, 0.15) is 42.9 Å². The van der Waals surface area contributed by atoms with Crippen molar-refractivity contribution in [2.45, 2.75) is 52.1 Å². The van der Waals surface area contributed by atoms with E-state index in [1.807, 2.05) is 11.0 Å². The van der Waals surface area contributed by atoms with Crippen LogP contribution >= 0.6 is 0 Å². The number of fused-ring (bicyclic) bond motifs is 1. The lowest BCUT2D eigenvalue weighted by atomic mass is 9.70. The molecule has 2 aromatic rings. The van der Waals surface area contributed by atoms with E-state index in [2.05, 4.69) is 26.8 Å². The quantitative estimate of drug-likeness (QED) is 0.877. The number of rotatable bonds is 3. The summed E-state index contributed by atoms with van der Waals surface area (Å²) >= 11 is 0. The third kappa shape index (κ3) is 3.46. The van der Waals surface area contributed by atoms with Crippen molar-refractivity contribution in [1.82, 2.24) is 4.90 Å². The molecule has 1 aromatic heterocycles. The zero-order valence-electron chi connectivity index (χ0n) is 17.2. The molecule has 28 heavy (non-hydrogen) atoms. The molecule has 2 fully saturated rings. The Bertz CT molecular complexity index is 867. The monoisotopic (exact) mass is 385 g/mol. The molecule has 1 N–H and O–H groups in total. The highest BCUT2D eigenvalue weighted by Crippen LogP contribution is 2.39. The summed E-state index contributed by atoms with van der Waals surface area (Å²) in [5.74, 6) is 0.458. The van der Waals surface area contributed by atoms with Crippen LogP contribution in [0, 0.1) is 25.7 Å². The van der Waals surface area contributed by atoms with Crippen LogP contribution in [0.2, 0.25) is 0 Å². The lowest BCUT2D eigenvalue weighted by molar-refractivity contribution is -0.150. The molecule has 3 heterocycles. The van der Waals surface area contributed by atoms with Crippen LogP contribution in [-0.2, 0) is 16.0 Å². The topological polar surface area (TPSA) is 62.9 Å². The second-order valence-corrected chi connectivity index (χ2v) is 8.76. The highest BCUT2D eigenvalue weighted by atomic mass is 16.5. The molecule has 2 atom stereocenters. The summed E-state index contributed by atoms with van der Waals surface area (Å²) in [6.45, 7) is 8.88. The van der Waals surface area contributed by atoms with Crippen molar-refractivity contribution in [2.24, 2.45) is 11.8 Å². The number of aliphatic hydroxyl groups is 1. The summed E-state index contributed by atoms with van der Waals surface area (Å²) in [7, 11) is 0. The van der Waals surface area contributed by atoms with Gasteiger partial charge in [-0.2, -0.15) is 0 Å². The molecule has 1 amide bonds. The first kappa shape index (κ1) is 19.5. The molecule has 152 valence electrons. The Hall–Kier alpha value is -1.85. The zero-order valence-corrected chi connectivity index (χ0v) is 17.2. The molecule has 0 spiro atoms. The SMILES string of the molecule is Cc1cc(C)c2c(CC(=O)N3CC[C@@](O)(C4CCOCC4)[C@H](C)C3)coc2c1. The van der Waals surface area contributed by atoms with Gasteiger partial charge in [0, 0.05) is 43.2 Å². The van der Waals surface area contributed by atoms with E-state index in [4.69, 9.17) is 9.15 Å².